The standard InChI is InChI=1S/C14H18BrClN2S/c1-3-19-7-6-10(2)18-13-5-4-11(15)8-12(13)17-14(18)9-16/h4-5,8,10H,3,6-7,9H2,1-2H3. The molecule has 0 radical (unpaired) electrons. The SMILES string of the molecule is CCSCCC(C)n1c(CCl)nc2cc(Br)ccc21. The van der Waals surface area contributed by atoms with E-state index in [1.165, 1.54) is 17.0 Å². The van der Waals surface area contributed by atoms with Crippen molar-refractivity contribution >= 4 is 50.3 Å². The van der Waals surface area contributed by atoms with Gasteiger partial charge in [-0.15, -0.1) is 11.6 Å². The lowest BCUT2D eigenvalue weighted by Gasteiger charge is -2.16. The summed E-state index contributed by atoms with van der Waals surface area (Å²) < 4.78 is 3.34. The first-order valence-electron chi connectivity index (χ1n) is 6.47. The first-order valence-corrected chi connectivity index (χ1v) is 8.95. The Balaban J connectivity index is 2.34. The largest absolute Gasteiger partial charge is 0.324 e. The first kappa shape index (κ1) is 15.2. The van der Waals surface area contributed by atoms with E-state index in [4.69, 9.17) is 11.6 Å². The lowest BCUT2D eigenvalue weighted by atomic mass is 10.2. The molecule has 104 valence electrons. The van der Waals surface area contributed by atoms with Crippen LogP contribution in [0, 0.1) is 0 Å². The molecule has 1 atom stereocenters. The van der Waals surface area contributed by atoms with E-state index in [-0.39, 0.29) is 0 Å². The number of imidazole rings is 1. The smallest absolute Gasteiger partial charge is 0.125 e. The van der Waals surface area contributed by atoms with Gasteiger partial charge in [-0.2, -0.15) is 11.8 Å². The summed E-state index contributed by atoms with van der Waals surface area (Å²) in [7, 11) is 0. The summed E-state index contributed by atoms with van der Waals surface area (Å²) in [6.07, 6.45) is 1.14. The van der Waals surface area contributed by atoms with Crippen LogP contribution in [0.5, 0.6) is 0 Å². The van der Waals surface area contributed by atoms with Gasteiger partial charge in [-0.1, -0.05) is 22.9 Å². The molecule has 1 aromatic heterocycles. The zero-order valence-corrected chi connectivity index (χ0v) is 14.4. The number of alkyl halides is 1. The molecule has 2 aromatic rings. The molecule has 0 saturated carbocycles. The number of benzene rings is 1. The summed E-state index contributed by atoms with van der Waals surface area (Å²) in [5, 5.41) is 0. The molecular weight excluding hydrogens is 344 g/mol. The van der Waals surface area contributed by atoms with Gasteiger partial charge in [-0.3, -0.25) is 0 Å². The second-order valence-corrected chi connectivity index (χ2v) is 7.08. The van der Waals surface area contributed by atoms with E-state index >= 15 is 0 Å². The first-order chi connectivity index (χ1) is 9.17. The van der Waals surface area contributed by atoms with Crippen molar-refractivity contribution in [1.29, 1.82) is 0 Å². The van der Waals surface area contributed by atoms with Crippen LogP contribution in [0.3, 0.4) is 0 Å². The topological polar surface area (TPSA) is 17.8 Å². The molecule has 1 heterocycles. The summed E-state index contributed by atoms with van der Waals surface area (Å²) in [6, 6.07) is 6.66. The highest BCUT2D eigenvalue weighted by molar-refractivity contribution is 9.10. The van der Waals surface area contributed by atoms with Crippen LogP contribution >= 0.6 is 39.3 Å². The van der Waals surface area contributed by atoms with Crippen molar-refractivity contribution in [3.8, 4) is 0 Å². The molecule has 5 heteroatoms. The van der Waals surface area contributed by atoms with E-state index in [2.05, 4.69) is 57.5 Å². The second-order valence-electron chi connectivity index (χ2n) is 4.50. The van der Waals surface area contributed by atoms with Crippen LogP contribution in [-0.4, -0.2) is 21.1 Å². The second kappa shape index (κ2) is 7.00. The highest BCUT2D eigenvalue weighted by Crippen LogP contribution is 2.27. The molecule has 1 aromatic carbocycles. The maximum absolute atomic E-state index is 6.05. The van der Waals surface area contributed by atoms with Crippen molar-refractivity contribution in [2.75, 3.05) is 11.5 Å². The van der Waals surface area contributed by atoms with Crippen molar-refractivity contribution in [3.63, 3.8) is 0 Å². The van der Waals surface area contributed by atoms with Crippen molar-refractivity contribution in [3.05, 3.63) is 28.5 Å². The Morgan fingerprint density at radius 3 is 2.95 bits per heavy atom. The van der Waals surface area contributed by atoms with Gasteiger partial charge in [0, 0.05) is 10.5 Å². The third-order valence-corrected chi connectivity index (χ3v) is 4.83. The quantitative estimate of drug-likeness (QED) is 0.517. The van der Waals surface area contributed by atoms with Gasteiger partial charge in [0.25, 0.3) is 0 Å². The van der Waals surface area contributed by atoms with E-state index < -0.39 is 0 Å². The minimum Gasteiger partial charge on any atom is -0.324 e. The fourth-order valence-electron chi connectivity index (χ4n) is 2.24. The third kappa shape index (κ3) is 3.47. The average molecular weight is 362 g/mol. The molecule has 0 spiro atoms. The number of aromatic nitrogens is 2. The normalized spacial score (nSPS) is 13.1. The zero-order valence-electron chi connectivity index (χ0n) is 11.2. The fourth-order valence-corrected chi connectivity index (χ4v) is 3.57. The van der Waals surface area contributed by atoms with Gasteiger partial charge < -0.3 is 4.57 Å². The Labute approximate surface area is 132 Å². The number of thioether (sulfide) groups is 1. The molecule has 0 fully saturated rings. The molecule has 0 amide bonds. The van der Waals surface area contributed by atoms with Gasteiger partial charge in [0.2, 0.25) is 0 Å². The van der Waals surface area contributed by atoms with E-state index in [0.29, 0.717) is 11.9 Å². The zero-order chi connectivity index (χ0) is 13.8. The molecule has 2 nitrogen and oxygen atoms in total. The third-order valence-electron chi connectivity index (χ3n) is 3.17. The van der Waals surface area contributed by atoms with Crippen LogP contribution in [-0.2, 0) is 5.88 Å². The molecule has 2 rings (SSSR count). The van der Waals surface area contributed by atoms with Crippen LogP contribution < -0.4 is 0 Å². The monoisotopic (exact) mass is 360 g/mol. The van der Waals surface area contributed by atoms with Crippen LogP contribution in [0.4, 0.5) is 0 Å². The number of halogens is 2. The minimum atomic E-state index is 0.430. The molecular formula is C14H18BrClN2S. The average Bonchev–Trinajstić information content (AvgIpc) is 2.76. The molecule has 0 aliphatic heterocycles. The predicted molar refractivity (Wildman–Crippen MR) is 89.3 cm³/mol. The number of nitrogens with zero attached hydrogens (tertiary/aromatic N) is 2. The van der Waals surface area contributed by atoms with E-state index in [0.717, 1.165) is 22.2 Å². The molecule has 0 saturated heterocycles. The Morgan fingerprint density at radius 1 is 1.47 bits per heavy atom. The van der Waals surface area contributed by atoms with Crippen molar-refractivity contribution in [1.82, 2.24) is 9.55 Å². The number of fused-ring (bicyclic) bond motifs is 1. The Kier molecular flexibility index (Phi) is 5.60. The highest BCUT2D eigenvalue weighted by atomic mass is 79.9. The van der Waals surface area contributed by atoms with E-state index in [1.807, 2.05) is 11.8 Å². The van der Waals surface area contributed by atoms with Crippen LogP contribution in [0.2, 0.25) is 0 Å². The van der Waals surface area contributed by atoms with E-state index in [1.54, 1.807) is 0 Å². The summed E-state index contributed by atoms with van der Waals surface area (Å²) in [5.41, 5.74) is 2.19. The van der Waals surface area contributed by atoms with Gasteiger partial charge in [-0.25, -0.2) is 4.98 Å². The number of hydrogen-bond donors (Lipinski definition) is 0. The summed E-state index contributed by atoms with van der Waals surface area (Å²) in [6.45, 7) is 4.44. The lowest BCUT2D eigenvalue weighted by molar-refractivity contribution is 0.534. The van der Waals surface area contributed by atoms with Gasteiger partial charge in [0.05, 0.1) is 16.9 Å². The maximum atomic E-state index is 6.05. The predicted octanol–water partition coefficient (Wildman–Crippen LogP) is 5.24. The van der Waals surface area contributed by atoms with Gasteiger partial charge in [-0.05, 0) is 43.0 Å². The fraction of sp³-hybridized carbons (Fsp3) is 0.500. The van der Waals surface area contributed by atoms with Gasteiger partial charge >= 0.3 is 0 Å². The Hall–Kier alpha value is -0.190. The van der Waals surface area contributed by atoms with Crippen LogP contribution in [0.15, 0.2) is 22.7 Å². The van der Waals surface area contributed by atoms with Crippen molar-refractivity contribution < 1.29 is 0 Å². The Morgan fingerprint density at radius 2 is 2.26 bits per heavy atom. The number of hydrogen-bond acceptors (Lipinski definition) is 2. The molecule has 0 aliphatic rings. The molecule has 1 unspecified atom stereocenters. The van der Waals surface area contributed by atoms with Crippen molar-refractivity contribution in [2.24, 2.45) is 0 Å². The van der Waals surface area contributed by atoms with E-state index in [9.17, 15) is 0 Å². The molecule has 19 heavy (non-hydrogen) atoms. The van der Waals surface area contributed by atoms with Gasteiger partial charge in [0.1, 0.15) is 5.82 Å². The lowest BCUT2D eigenvalue weighted by Crippen LogP contribution is -2.09. The minimum absolute atomic E-state index is 0.430. The summed E-state index contributed by atoms with van der Waals surface area (Å²) in [5.74, 6) is 3.77. The molecule has 0 N–H and O–H groups in total. The maximum Gasteiger partial charge on any atom is 0.125 e. The summed E-state index contributed by atoms with van der Waals surface area (Å²) >= 11 is 11.5. The molecule has 0 aliphatic carbocycles. The number of rotatable bonds is 6. The van der Waals surface area contributed by atoms with Crippen LogP contribution in [0.25, 0.3) is 11.0 Å². The van der Waals surface area contributed by atoms with Crippen molar-refractivity contribution in [2.45, 2.75) is 32.2 Å². The van der Waals surface area contributed by atoms with Gasteiger partial charge in [0.15, 0.2) is 0 Å². The molecule has 0 bridgehead atoms. The Bertz CT molecular complexity index is 556. The summed E-state index contributed by atoms with van der Waals surface area (Å²) in [4.78, 5) is 4.64. The highest BCUT2D eigenvalue weighted by Gasteiger charge is 2.15. The van der Waals surface area contributed by atoms with Crippen LogP contribution in [0.1, 0.15) is 32.1 Å².